The molecule has 2 aliphatic heterocycles. The molecule has 45 heavy (non-hydrogen) atoms. The third-order valence-electron chi connectivity index (χ3n) is 8.51. The first-order chi connectivity index (χ1) is 21.5. The normalized spacial score (nSPS) is 20.7. The number of carboxylic acids is 1. The van der Waals surface area contributed by atoms with E-state index in [1.165, 1.54) is 0 Å². The van der Waals surface area contributed by atoms with Crippen molar-refractivity contribution in [1.82, 2.24) is 0 Å². The van der Waals surface area contributed by atoms with Crippen LogP contribution in [0.15, 0.2) is 89.7 Å². The molecule has 9 nitrogen and oxygen atoms in total. The zero-order valence-electron chi connectivity index (χ0n) is 25.5. The van der Waals surface area contributed by atoms with Gasteiger partial charge in [-0.25, -0.2) is 4.79 Å². The van der Waals surface area contributed by atoms with Crippen molar-refractivity contribution in [3.63, 3.8) is 0 Å². The number of aromatic carboxylic acids is 1. The predicted molar refractivity (Wildman–Crippen MR) is 168 cm³/mol. The second-order valence-corrected chi connectivity index (χ2v) is 13.0. The van der Waals surface area contributed by atoms with E-state index in [1.54, 1.807) is 19.1 Å². The average Bonchev–Trinajstić information content (AvgIpc) is 3.65. The van der Waals surface area contributed by atoms with Crippen LogP contribution >= 0.6 is 0 Å². The number of carbonyl (C=O) groups is 1. The Morgan fingerprint density at radius 1 is 1.00 bits per heavy atom. The standard InChI is InChI=1S/C26H24O7S.C9H10O2/c1-16-18(11-12-33-34(2,27)28)25-19(17-9-10-22-23(13-17)30-14-29-22)5-3-7-21(25)26-20(16)6-4-8-24(26)31-15-32-26;1-6-3-4-8(9(10)11)7(2)5-6/h3-10,13,18H,11-12,14-15H2,1-2H3;3-5H,1-2H3,(H,10,11). The van der Waals surface area contributed by atoms with E-state index in [-0.39, 0.29) is 26.1 Å². The van der Waals surface area contributed by atoms with Gasteiger partial charge in [0.1, 0.15) is 5.76 Å². The van der Waals surface area contributed by atoms with Crippen LogP contribution in [0.1, 0.15) is 51.9 Å². The van der Waals surface area contributed by atoms with E-state index in [1.807, 2.05) is 49.4 Å². The van der Waals surface area contributed by atoms with Crippen molar-refractivity contribution in [2.24, 2.45) is 0 Å². The van der Waals surface area contributed by atoms with Crippen LogP contribution in [0.25, 0.3) is 11.1 Å². The van der Waals surface area contributed by atoms with Crippen molar-refractivity contribution in [1.29, 1.82) is 0 Å². The van der Waals surface area contributed by atoms with E-state index in [2.05, 4.69) is 25.1 Å². The molecule has 234 valence electrons. The van der Waals surface area contributed by atoms with Gasteiger partial charge in [-0.1, -0.05) is 59.7 Å². The van der Waals surface area contributed by atoms with Gasteiger partial charge < -0.3 is 24.1 Å². The molecular weight excluding hydrogens is 596 g/mol. The third kappa shape index (κ3) is 5.65. The maximum Gasteiger partial charge on any atom is 0.335 e. The van der Waals surface area contributed by atoms with E-state index in [0.29, 0.717) is 17.7 Å². The monoisotopic (exact) mass is 630 g/mol. The molecule has 3 aromatic rings. The van der Waals surface area contributed by atoms with Crippen LogP contribution < -0.4 is 9.47 Å². The molecule has 0 saturated carbocycles. The summed E-state index contributed by atoms with van der Waals surface area (Å²) in [5.74, 6) is 1.25. The number of allylic oxidation sites excluding steroid dienone is 3. The highest BCUT2D eigenvalue weighted by molar-refractivity contribution is 7.85. The minimum absolute atomic E-state index is 0.0767. The summed E-state index contributed by atoms with van der Waals surface area (Å²) in [4.78, 5) is 10.5. The fourth-order valence-corrected chi connectivity index (χ4v) is 6.94. The lowest BCUT2D eigenvalue weighted by atomic mass is 9.65. The predicted octanol–water partition coefficient (Wildman–Crippen LogP) is 6.52. The lowest BCUT2D eigenvalue weighted by molar-refractivity contribution is 0.00855. The second kappa shape index (κ2) is 11.8. The van der Waals surface area contributed by atoms with Gasteiger partial charge in [0.2, 0.25) is 6.79 Å². The summed E-state index contributed by atoms with van der Waals surface area (Å²) in [6, 6.07) is 17.4. The number of ether oxygens (including phenoxy) is 4. The summed E-state index contributed by atoms with van der Waals surface area (Å²) < 4.78 is 51.8. The quantitative estimate of drug-likeness (QED) is 0.304. The maximum atomic E-state index is 11.7. The molecule has 10 heteroatoms. The van der Waals surface area contributed by atoms with Crippen LogP contribution in [0.3, 0.4) is 0 Å². The van der Waals surface area contributed by atoms with Crippen molar-refractivity contribution < 1.29 is 41.4 Å². The molecule has 1 saturated heterocycles. The van der Waals surface area contributed by atoms with Crippen molar-refractivity contribution in [3.8, 4) is 22.6 Å². The Balaban J connectivity index is 0.000000276. The van der Waals surface area contributed by atoms with Crippen LogP contribution in [-0.2, 0) is 29.4 Å². The first kappa shape index (κ1) is 30.6. The van der Waals surface area contributed by atoms with Gasteiger partial charge in [0.25, 0.3) is 10.1 Å². The molecular formula is C35H34O9S. The number of fused-ring (bicyclic) bond motifs is 2. The van der Waals surface area contributed by atoms with Gasteiger partial charge in [0.05, 0.1) is 18.4 Å². The highest BCUT2D eigenvalue weighted by Crippen LogP contribution is 2.57. The van der Waals surface area contributed by atoms with Gasteiger partial charge in [-0.3, -0.25) is 4.18 Å². The number of benzene rings is 3. The zero-order chi connectivity index (χ0) is 31.9. The molecule has 1 N–H and O–H groups in total. The Morgan fingerprint density at radius 2 is 1.80 bits per heavy atom. The lowest BCUT2D eigenvalue weighted by Gasteiger charge is -2.42. The average molecular weight is 631 g/mol. The second-order valence-electron chi connectivity index (χ2n) is 11.4. The number of aryl methyl sites for hydroxylation is 2. The molecule has 0 aromatic heterocycles. The molecule has 1 spiro atoms. The highest BCUT2D eigenvalue weighted by atomic mass is 32.2. The number of hydrogen-bond acceptors (Lipinski definition) is 8. The van der Waals surface area contributed by atoms with Crippen LogP contribution in [-0.4, -0.2) is 45.9 Å². The van der Waals surface area contributed by atoms with Crippen molar-refractivity contribution in [2.75, 3.05) is 26.4 Å². The molecule has 2 aliphatic carbocycles. The van der Waals surface area contributed by atoms with E-state index in [9.17, 15) is 13.2 Å². The molecule has 2 atom stereocenters. The van der Waals surface area contributed by atoms with Crippen LogP contribution in [0.5, 0.6) is 11.5 Å². The minimum Gasteiger partial charge on any atom is -0.478 e. The zero-order valence-corrected chi connectivity index (χ0v) is 26.3. The van der Waals surface area contributed by atoms with Gasteiger partial charge in [-0.05, 0) is 79.3 Å². The molecule has 1 fully saturated rings. The number of rotatable bonds is 6. The molecule has 2 unspecified atom stereocenters. The third-order valence-corrected chi connectivity index (χ3v) is 9.10. The Kier molecular flexibility index (Phi) is 8.07. The first-order valence-electron chi connectivity index (χ1n) is 14.5. The van der Waals surface area contributed by atoms with Crippen molar-refractivity contribution >= 4 is 16.1 Å². The van der Waals surface area contributed by atoms with Gasteiger partial charge in [-0.15, -0.1) is 0 Å². The summed E-state index contributed by atoms with van der Waals surface area (Å²) in [6.07, 6.45) is 7.56. The minimum atomic E-state index is -3.54. The Morgan fingerprint density at radius 3 is 2.56 bits per heavy atom. The lowest BCUT2D eigenvalue weighted by Crippen LogP contribution is -2.37. The highest BCUT2D eigenvalue weighted by Gasteiger charge is 2.53. The molecule has 4 aliphatic rings. The van der Waals surface area contributed by atoms with Crippen molar-refractivity contribution in [3.05, 3.63) is 118 Å². The summed E-state index contributed by atoms with van der Waals surface area (Å²) in [5.41, 5.74) is 7.70. The summed E-state index contributed by atoms with van der Waals surface area (Å²) in [5, 5.41) is 8.66. The Bertz CT molecular complexity index is 1890. The van der Waals surface area contributed by atoms with E-state index in [4.69, 9.17) is 28.2 Å². The Hall–Kier alpha value is -4.38. The van der Waals surface area contributed by atoms with Crippen LogP contribution in [0.2, 0.25) is 0 Å². The maximum absolute atomic E-state index is 11.7. The van der Waals surface area contributed by atoms with E-state index < -0.39 is 21.7 Å². The Labute approximate surface area is 262 Å². The smallest absolute Gasteiger partial charge is 0.335 e. The molecule has 2 heterocycles. The number of hydrogen-bond donors (Lipinski definition) is 1. The largest absolute Gasteiger partial charge is 0.478 e. The van der Waals surface area contributed by atoms with Gasteiger partial charge >= 0.3 is 5.97 Å². The molecule has 0 amide bonds. The molecule has 7 rings (SSSR count). The van der Waals surface area contributed by atoms with E-state index >= 15 is 0 Å². The SMILES string of the molecule is CC1=C2C=CC=C3OCOC32c2cccc(-c3ccc4c(c3)OCO4)c2C1CCOS(C)(=O)=O.Cc1ccc(C(=O)O)c(C)c1. The summed E-state index contributed by atoms with van der Waals surface area (Å²) in [7, 11) is -3.54. The molecule has 3 aromatic carbocycles. The van der Waals surface area contributed by atoms with E-state index in [0.717, 1.165) is 62.3 Å². The molecule has 0 bridgehead atoms. The van der Waals surface area contributed by atoms with Gasteiger partial charge in [-0.2, -0.15) is 8.42 Å². The summed E-state index contributed by atoms with van der Waals surface area (Å²) >= 11 is 0. The van der Waals surface area contributed by atoms with Crippen molar-refractivity contribution in [2.45, 2.75) is 38.7 Å². The fourth-order valence-electron chi connectivity index (χ4n) is 6.54. The molecule has 0 radical (unpaired) electrons. The topological polar surface area (TPSA) is 118 Å². The number of carboxylic acid groups (broad SMARTS) is 1. The van der Waals surface area contributed by atoms with Gasteiger partial charge in [0.15, 0.2) is 23.9 Å². The fraction of sp³-hybridized carbons (Fsp3) is 0.286. The summed E-state index contributed by atoms with van der Waals surface area (Å²) in [6.45, 7) is 6.28. The first-order valence-corrected chi connectivity index (χ1v) is 16.4. The van der Waals surface area contributed by atoms with Gasteiger partial charge in [0, 0.05) is 11.5 Å². The van der Waals surface area contributed by atoms with Crippen LogP contribution in [0.4, 0.5) is 0 Å². The van der Waals surface area contributed by atoms with Crippen LogP contribution in [0, 0.1) is 13.8 Å².